The molecule has 1 heterocycles. The molecule has 12 rings (SSSR count). The summed E-state index contributed by atoms with van der Waals surface area (Å²) in [4.78, 5) is 2.45. The zero-order chi connectivity index (χ0) is 39.6. The van der Waals surface area contributed by atoms with Gasteiger partial charge in [-0.25, -0.2) is 0 Å². The molecule has 0 saturated carbocycles. The lowest BCUT2D eigenvalue weighted by Gasteiger charge is -2.28. The first-order valence-corrected chi connectivity index (χ1v) is 20.7. The first-order chi connectivity index (χ1) is 29.8. The number of fused-ring (bicyclic) bond motifs is 9. The second-order valence-corrected chi connectivity index (χ2v) is 15.7. The van der Waals surface area contributed by atoms with E-state index in [2.05, 4.69) is 240 Å². The summed E-state index contributed by atoms with van der Waals surface area (Å²) < 4.78 is 2.43. The van der Waals surface area contributed by atoms with E-state index in [4.69, 9.17) is 0 Å². The predicted octanol–water partition coefficient (Wildman–Crippen LogP) is 16.2. The van der Waals surface area contributed by atoms with Crippen molar-refractivity contribution in [1.82, 2.24) is 4.57 Å². The minimum atomic E-state index is 1.09. The lowest BCUT2D eigenvalue weighted by Crippen LogP contribution is -2.12. The van der Waals surface area contributed by atoms with Crippen molar-refractivity contribution in [2.75, 3.05) is 4.90 Å². The molecule has 0 spiro atoms. The molecule has 0 unspecified atom stereocenters. The Kier molecular flexibility index (Phi) is 7.89. The molecule has 280 valence electrons. The Morgan fingerprint density at radius 1 is 0.300 bits per heavy atom. The van der Waals surface area contributed by atoms with Gasteiger partial charge in [0.2, 0.25) is 0 Å². The highest BCUT2D eigenvalue weighted by molar-refractivity contribution is 6.16. The van der Waals surface area contributed by atoms with Gasteiger partial charge in [0.25, 0.3) is 0 Å². The number of nitrogens with zero attached hydrogens (tertiary/aromatic N) is 2. The maximum Gasteiger partial charge on any atom is 0.0782 e. The first-order valence-electron chi connectivity index (χ1n) is 20.7. The van der Waals surface area contributed by atoms with Crippen LogP contribution in [-0.4, -0.2) is 4.57 Å². The summed E-state index contributed by atoms with van der Waals surface area (Å²) in [5, 5.41) is 12.5. The van der Waals surface area contributed by atoms with E-state index in [-0.39, 0.29) is 0 Å². The van der Waals surface area contributed by atoms with E-state index in [1.54, 1.807) is 0 Å². The van der Waals surface area contributed by atoms with Gasteiger partial charge in [-0.05, 0) is 120 Å². The second-order valence-electron chi connectivity index (χ2n) is 15.7. The van der Waals surface area contributed by atoms with Crippen LogP contribution in [0.2, 0.25) is 0 Å². The molecule has 0 N–H and O–H groups in total. The fraction of sp³-hybridized carbons (Fsp3) is 0. The van der Waals surface area contributed by atoms with Crippen LogP contribution in [0.5, 0.6) is 0 Å². The van der Waals surface area contributed by atoms with Crippen LogP contribution in [0, 0.1) is 0 Å². The van der Waals surface area contributed by atoms with E-state index < -0.39 is 0 Å². The third kappa shape index (κ3) is 5.42. The van der Waals surface area contributed by atoms with Crippen molar-refractivity contribution in [2.45, 2.75) is 0 Å². The number of rotatable bonds is 6. The SMILES string of the molecule is c1ccc(-n2c3ccccc3c3cccc(N(c4ccc(-c5cc6ccccc6c6ccccc56)cc4)c4cccc(-c5cccc6c5ccc5ccccc56)c4)c32)cc1. The van der Waals surface area contributed by atoms with Gasteiger partial charge in [0, 0.05) is 27.8 Å². The average Bonchev–Trinajstić information content (AvgIpc) is 3.67. The van der Waals surface area contributed by atoms with Crippen LogP contribution >= 0.6 is 0 Å². The fourth-order valence-corrected chi connectivity index (χ4v) is 9.64. The van der Waals surface area contributed by atoms with Crippen LogP contribution in [0.4, 0.5) is 17.1 Å². The lowest BCUT2D eigenvalue weighted by atomic mass is 9.93. The Bertz CT molecular complexity index is 3600. The highest BCUT2D eigenvalue weighted by atomic mass is 15.2. The van der Waals surface area contributed by atoms with Crippen LogP contribution in [0.15, 0.2) is 231 Å². The largest absolute Gasteiger partial charge is 0.308 e. The highest BCUT2D eigenvalue weighted by Gasteiger charge is 2.22. The molecule has 0 atom stereocenters. The van der Waals surface area contributed by atoms with Crippen LogP contribution in [0.25, 0.3) is 92.8 Å². The van der Waals surface area contributed by atoms with Crippen molar-refractivity contribution in [1.29, 1.82) is 0 Å². The van der Waals surface area contributed by atoms with Crippen LogP contribution in [-0.2, 0) is 0 Å². The molecular formula is C58H38N2. The van der Waals surface area contributed by atoms with Crippen molar-refractivity contribution < 1.29 is 0 Å². The second kappa shape index (κ2) is 13.9. The summed E-state index contributed by atoms with van der Waals surface area (Å²) in [6.45, 7) is 0. The smallest absolute Gasteiger partial charge is 0.0782 e. The Balaban J connectivity index is 1.09. The van der Waals surface area contributed by atoms with E-state index in [9.17, 15) is 0 Å². The number of aromatic nitrogens is 1. The maximum absolute atomic E-state index is 2.45. The van der Waals surface area contributed by atoms with E-state index >= 15 is 0 Å². The minimum Gasteiger partial charge on any atom is -0.308 e. The van der Waals surface area contributed by atoms with Gasteiger partial charge in [-0.15, -0.1) is 0 Å². The van der Waals surface area contributed by atoms with Crippen molar-refractivity contribution >= 4 is 82.0 Å². The summed E-state index contributed by atoms with van der Waals surface area (Å²) in [5.41, 5.74) is 11.6. The van der Waals surface area contributed by atoms with Gasteiger partial charge in [0.1, 0.15) is 0 Å². The average molecular weight is 763 g/mol. The molecule has 1 aromatic heterocycles. The molecular weight excluding hydrogens is 725 g/mol. The quantitative estimate of drug-likeness (QED) is 0.153. The van der Waals surface area contributed by atoms with Crippen LogP contribution < -0.4 is 4.90 Å². The van der Waals surface area contributed by atoms with Crippen molar-refractivity contribution in [3.8, 4) is 27.9 Å². The normalized spacial score (nSPS) is 11.7. The fourth-order valence-electron chi connectivity index (χ4n) is 9.64. The third-order valence-corrected chi connectivity index (χ3v) is 12.3. The summed E-state index contributed by atoms with van der Waals surface area (Å²) in [6, 6.07) is 84.3. The molecule has 12 aromatic rings. The topological polar surface area (TPSA) is 8.17 Å². The molecule has 60 heavy (non-hydrogen) atoms. The molecule has 2 nitrogen and oxygen atoms in total. The molecule has 2 heteroatoms. The Morgan fingerprint density at radius 3 is 1.72 bits per heavy atom. The molecule has 0 bridgehead atoms. The van der Waals surface area contributed by atoms with Gasteiger partial charge >= 0.3 is 0 Å². The maximum atomic E-state index is 2.45. The zero-order valence-electron chi connectivity index (χ0n) is 32.8. The Labute approximate surface area is 348 Å². The van der Waals surface area contributed by atoms with Crippen molar-refractivity contribution in [3.63, 3.8) is 0 Å². The third-order valence-electron chi connectivity index (χ3n) is 12.3. The van der Waals surface area contributed by atoms with Crippen molar-refractivity contribution in [3.05, 3.63) is 231 Å². The Morgan fingerprint density at radius 2 is 0.900 bits per heavy atom. The predicted molar refractivity (Wildman–Crippen MR) is 256 cm³/mol. The molecule has 0 amide bonds. The standard InChI is InChI=1S/C58H38N2/c1-2-18-43(19-3-1)60-56-29-11-10-25-53(56)54-28-14-30-57(58(54)60)59(44-34-31-40(32-35-44)55-38-42-16-5-7-22-47(42)49-23-8-9-24-51(49)55)45-20-12-17-41(37-45)48-26-13-27-50-46-21-6-4-15-39(46)33-36-52(48)50/h1-38H. The Hall–Kier alpha value is -7.94. The number of para-hydroxylation sites is 3. The number of hydrogen-bond donors (Lipinski definition) is 0. The van der Waals surface area contributed by atoms with Gasteiger partial charge in [-0.3, -0.25) is 0 Å². The van der Waals surface area contributed by atoms with Gasteiger partial charge in [0.15, 0.2) is 0 Å². The molecule has 0 aliphatic heterocycles. The molecule has 0 radical (unpaired) electrons. The summed E-state index contributed by atoms with van der Waals surface area (Å²) in [7, 11) is 0. The van der Waals surface area contributed by atoms with E-state index in [1.807, 2.05) is 0 Å². The van der Waals surface area contributed by atoms with Gasteiger partial charge in [0.05, 0.1) is 16.7 Å². The lowest BCUT2D eigenvalue weighted by molar-refractivity contribution is 1.17. The van der Waals surface area contributed by atoms with E-state index in [1.165, 1.54) is 81.6 Å². The van der Waals surface area contributed by atoms with E-state index in [0.29, 0.717) is 0 Å². The van der Waals surface area contributed by atoms with Crippen LogP contribution in [0.1, 0.15) is 0 Å². The van der Waals surface area contributed by atoms with Crippen LogP contribution in [0.3, 0.4) is 0 Å². The molecule has 11 aromatic carbocycles. The zero-order valence-corrected chi connectivity index (χ0v) is 32.8. The summed E-state index contributed by atoms with van der Waals surface area (Å²) in [6.07, 6.45) is 0. The van der Waals surface area contributed by atoms with Gasteiger partial charge in [-0.2, -0.15) is 0 Å². The monoisotopic (exact) mass is 762 g/mol. The van der Waals surface area contributed by atoms with Gasteiger partial charge < -0.3 is 9.47 Å². The molecule has 0 fully saturated rings. The minimum absolute atomic E-state index is 1.09. The van der Waals surface area contributed by atoms with E-state index in [0.717, 1.165) is 28.3 Å². The molecule has 0 saturated heterocycles. The van der Waals surface area contributed by atoms with Crippen molar-refractivity contribution in [2.24, 2.45) is 0 Å². The first kappa shape index (κ1) is 34.1. The number of hydrogen-bond acceptors (Lipinski definition) is 1. The van der Waals surface area contributed by atoms with Gasteiger partial charge in [-0.1, -0.05) is 176 Å². The summed E-state index contributed by atoms with van der Waals surface area (Å²) >= 11 is 0. The molecule has 0 aliphatic rings. The number of benzene rings is 11. The number of anilines is 3. The summed E-state index contributed by atoms with van der Waals surface area (Å²) in [5.74, 6) is 0. The molecule has 0 aliphatic carbocycles. The highest BCUT2D eigenvalue weighted by Crippen LogP contribution is 2.45.